The molecule has 7 heteroatoms. The Bertz CT molecular complexity index is 1040. The number of rotatable bonds is 10. The number of nitrogens with two attached hydrogens (primary N) is 1. The van der Waals surface area contributed by atoms with Gasteiger partial charge in [0.15, 0.2) is 0 Å². The Morgan fingerprint density at radius 1 is 1.16 bits per heavy atom. The van der Waals surface area contributed by atoms with Crippen molar-refractivity contribution < 1.29 is 19.7 Å². The third-order valence-electron chi connectivity index (χ3n) is 5.11. The molecule has 3 unspecified atom stereocenters. The molecule has 0 bridgehead atoms. The Morgan fingerprint density at radius 2 is 1.91 bits per heavy atom. The molecule has 0 aliphatic heterocycles. The number of ether oxygens (including phenoxy) is 2. The minimum atomic E-state index is -1.05. The monoisotopic (exact) mass is 435 g/mol. The third-order valence-corrected chi connectivity index (χ3v) is 5.11. The van der Waals surface area contributed by atoms with Gasteiger partial charge >= 0.3 is 0 Å². The molecule has 32 heavy (non-hydrogen) atoms. The summed E-state index contributed by atoms with van der Waals surface area (Å²) in [5, 5.41) is 21.1. The number of terminal acetylenes is 1. The molecule has 1 aromatic heterocycles. The molecule has 0 spiro atoms. The Balaban J connectivity index is 1.96. The molecule has 3 aromatic rings. The fourth-order valence-corrected chi connectivity index (χ4v) is 3.55. The largest absolute Gasteiger partial charge is 0.491 e. The lowest BCUT2D eigenvalue weighted by molar-refractivity contribution is 0.126. The van der Waals surface area contributed by atoms with Crippen molar-refractivity contribution in [3.63, 3.8) is 0 Å². The van der Waals surface area contributed by atoms with Gasteiger partial charge in [0.1, 0.15) is 36.4 Å². The van der Waals surface area contributed by atoms with Crippen LogP contribution in [-0.2, 0) is 4.74 Å². The Hall–Kier alpha value is -3.15. The third kappa shape index (κ3) is 5.36. The van der Waals surface area contributed by atoms with E-state index < -0.39 is 18.2 Å². The maximum Gasteiger partial charge on any atom is 0.138 e. The first-order valence-corrected chi connectivity index (χ1v) is 10.4. The zero-order chi connectivity index (χ0) is 23.1. The van der Waals surface area contributed by atoms with Crippen LogP contribution in [0.3, 0.4) is 0 Å². The van der Waals surface area contributed by atoms with Crippen molar-refractivity contribution in [1.82, 2.24) is 9.55 Å². The quantitative estimate of drug-likeness (QED) is 0.423. The van der Waals surface area contributed by atoms with Crippen LogP contribution in [0.4, 0.5) is 0 Å². The first-order chi connectivity index (χ1) is 15.5. The van der Waals surface area contributed by atoms with Gasteiger partial charge in [0.05, 0.1) is 12.6 Å². The highest BCUT2D eigenvalue weighted by Crippen LogP contribution is 2.36. The summed E-state index contributed by atoms with van der Waals surface area (Å²) in [7, 11) is 1.59. The molecule has 2 aromatic carbocycles. The molecular weight excluding hydrogens is 406 g/mol. The molecule has 3 rings (SSSR count). The van der Waals surface area contributed by atoms with E-state index in [1.807, 2.05) is 42.5 Å². The van der Waals surface area contributed by atoms with Gasteiger partial charge < -0.3 is 30.0 Å². The van der Waals surface area contributed by atoms with Crippen LogP contribution in [-0.4, -0.2) is 46.1 Å². The summed E-state index contributed by atoms with van der Waals surface area (Å²) in [6.45, 7) is 2.22. The molecule has 4 N–H and O–H groups in total. The van der Waals surface area contributed by atoms with Crippen LogP contribution in [0.25, 0.3) is 11.1 Å². The lowest BCUT2D eigenvalue weighted by Crippen LogP contribution is -2.32. The average molecular weight is 436 g/mol. The van der Waals surface area contributed by atoms with Crippen molar-refractivity contribution in [3.8, 4) is 29.2 Å². The molecular formula is C25H29N3O4. The van der Waals surface area contributed by atoms with E-state index in [1.54, 1.807) is 37.1 Å². The van der Waals surface area contributed by atoms with Crippen LogP contribution >= 0.6 is 0 Å². The highest BCUT2D eigenvalue weighted by molar-refractivity contribution is 5.71. The normalized spacial score (nSPS) is 14.9. The van der Waals surface area contributed by atoms with E-state index in [0.717, 1.165) is 11.1 Å². The zero-order valence-corrected chi connectivity index (χ0v) is 18.3. The minimum absolute atomic E-state index is 0.249. The van der Waals surface area contributed by atoms with Crippen molar-refractivity contribution in [2.24, 2.45) is 5.73 Å². The Labute approximate surface area is 188 Å². The highest BCUT2D eigenvalue weighted by Gasteiger charge is 2.25. The second-order valence-electron chi connectivity index (χ2n) is 7.57. The van der Waals surface area contributed by atoms with Crippen LogP contribution in [0.2, 0.25) is 0 Å². The van der Waals surface area contributed by atoms with Gasteiger partial charge in [-0.15, -0.1) is 6.42 Å². The number of benzene rings is 2. The lowest BCUT2D eigenvalue weighted by Gasteiger charge is -2.24. The minimum Gasteiger partial charge on any atom is -0.491 e. The molecule has 0 amide bonds. The summed E-state index contributed by atoms with van der Waals surface area (Å²) < 4.78 is 12.7. The van der Waals surface area contributed by atoms with Crippen LogP contribution in [0.1, 0.15) is 36.6 Å². The summed E-state index contributed by atoms with van der Waals surface area (Å²) in [5.74, 6) is 3.58. The molecule has 7 nitrogen and oxygen atoms in total. The summed E-state index contributed by atoms with van der Waals surface area (Å²) >= 11 is 0. The van der Waals surface area contributed by atoms with E-state index in [0.29, 0.717) is 23.7 Å². The molecule has 0 radical (unpaired) electrons. The average Bonchev–Trinajstić information content (AvgIpc) is 3.28. The number of nitrogens with zero attached hydrogens (tertiary/aromatic N) is 2. The van der Waals surface area contributed by atoms with Gasteiger partial charge in [0.2, 0.25) is 0 Å². The van der Waals surface area contributed by atoms with E-state index in [4.69, 9.17) is 21.6 Å². The number of aliphatic hydroxyl groups is 2. The molecule has 168 valence electrons. The fraction of sp³-hybridized carbons (Fsp3) is 0.320. The maximum absolute atomic E-state index is 11.1. The van der Waals surface area contributed by atoms with Crippen LogP contribution in [0.15, 0.2) is 60.9 Å². The van der Waals surface area contributed by atoms with E-state index >= 15 is 0 Å². The fourth-order valence-electron chi connectivity index (χ4n) is 3.55. The topological polar surface area (TPSA) is 103 Å². The van der Waals surface area contributed by atoms with Gasteiger partial charge in [-0.2, -0.15) is 0 Å². The highest BCUT2D eigenvalue weighted by atomic mass is 16.5. The molecule has 4 atom stereocenters. The summed E-state index contributed by atoms with van der Waals surface area (Å²) in [5.41, 5.74) is 8.46. The van der Waals surface area contributed by atoms with Crippen molar-refractivity contribution in [2.75, 3.05) is 20.3 Å². The molecule has 1 heterocycles. The Kier molecular flexibility index (Phi) is 8.03. The summed E-state index contributed by atoms with van der Waals surface area (Å²) in [6, 6.07) is 14.2. The van der Waals surface area contributed by atoms with E-state index in [9.17, 15) is 10.2 Å². The number of methoxy groups -OCH3 is 1. The number of hydrogen-bond donors (Lipinski definition) is 3. The van der Waals surface area contributed by atoms with Crippen molar-refractivity contribution in [2.45, 2.75) is 31.2 Å². The van der Waals surface area contributed by atoms with Crippen LogP contribution in [0.5, 0.6) is 5.75 Å². The SMILES string of the molecule is C#CC(C(O)c1ccc(-c2ccccc2)c(OCC(N)COC)c1)n1ccnc1[C@H](C)O. The van der Waals surface area contributed by atoms with Crippen molar-refractivity contribution >= 4 is 0 Å². The number of aliphatic hydroxyl groups excluding tert-OH is 2. The first kappa shape index (κ1) is 23.5. The summed E-state index contributed by atoms with van der Waals surface area (Å²) in [4.78, 5) is 4.15. The van der Waals surface area contributed by atoms with Gasteiger partial charge in [-0.3, -0.25) is 0 Å². The van der Waals surface area contributed by atoms with Crippen LogP contribution < -0.4 is 10.5 Å². The second-order valence-corrected chi connectivity index (χ2v) is 7.57. The lowest BCUT2D eigenvalue weighted by atomic mass is 9.97. The van der Waals surface area contributed by atoms with Crippen molar-refractivity contribution in [3.05, 3.63) is 72.3 Å². The van der Waals surface area contributed by atoms with Gasteiger partial charge in [0, 0.05) is 25.1 Å². The van der Waals surface area contributed by atoms with E-state index in [-0.39, 0.29) is 12.6 Å². The van der Waals surface area contributed by atoms with Crippen LogP contribution in [0, 0.1) is 12.3 Å². The standard InChI is InChI=1S/C25H29N3O4/c1-4-22(28-13-12-27-25(28)17(2)29)24(30)19-10-11-21(18-8-6-5-7-9-18)23(14-19)32-16-20(26)15-31-3/h1,5-14,17,20,22,24,29-30H,15-16,26H2,2-3H3/t17-,20?,22?,24?/m0/s1. The van der Waals surface area contributed by atoms with Gasteiger partial charge in [0.25, 0.3) is 0 Å². The molecule has 0 aliphatic carbocycles. The van der Waals surface area contributed by atoms with Gasteiger partial charge in [-0.25, -0.2) is 4.98 Å². The smallest absolute Gasteiger partial charge is 0.138 e. The second kappa shape index (κ2) is 10.9. The molecule has 0 fully saturated rings. The predicted octanol–water partition coefficient (Wildman–Crippen LogP) is 2.86. The molecule has 0 saturated carbocycles. The zero-order valence-electron chi connectivity index (χ0n) is 18.3. The number of imidazole rings is 1. The number of aromatic nitrogens is 2. The van der Waals surface area contributed by atoms with Crippen molar-refractivity contribution in [1.29, 1.82) is 0 Å². The van der Waals surface area contributed by atoms with E-state index in [2.05, 4.69) is 10.9 Å². The maximum atomic E-state index is 11.1. The number of hydrogen-bond acceptors (Lipinski definition) is 6. The first-order valence-electron chi connectivity index (χ1n) is 10.4. The van der Waals surface area contributed by atoms with E-state index in [1.165, 1.54) is 0 Å². The predicted molar refractivity (Wildman–Crippen MR) is 123 cm³/mol. The molecule has 0 aliphatic rings. The molecule has 0 saturated heterocycles. The Morgan fingerprint density at radius 3 is 2.56 bits per heavy atom. The van der Waals surface area contributed by atoms with Gasteiger partial charge in [-0.05, 0) is 24.1 Å². The summed E-state index contributed by atoms with van der Waals surface area (Å²) in [6.07, 6.45) is 7.08. The van der Waals surface area contributed by atoms with Gasteiger partial charge in [-0.1, -0.05) is 48.4 Å².